The number of amides is 1. The molecule has 1 aromatic heterocycles. The van der Waals surface area contributed by atoms with Crippen molar-refractivity contribution in [1.29, 1.82) is 0 Å². The van der Waals surface area contributed by atoms with Crippen LogP contribution in [0.5, 0.6) is 5.75 Å². The van der Waals surface area contributed by atoms with E-state index in [1.54, 1.807) is 30.5 Å². The Labute approximate surface area is 151 Å². The van der Waals surface area contributed by atoms with Crippen molar-refractivity contribution in [3.63, 3.8) is 0 Å². The van der Waals surface area contributed by atoms with Crippen molar-refractivity contribution in [2.45, 2.75) is 9.92 Å². The summed E-state index contributed by atoms with van der Waals surface area (Å²) < 4.78 is 31.8. The van der Waals surface area contributed by atoms with E-state index in [0.29, 0.717) is 16.3 Å². The first-order valence-corrected chi connectivity index (χ1v) is 10.1. The van der Waals surface area contributed by atoms with Crippen LogP contribution < -0.4 is 14.8 Å². The zero-order valence-corrected chi connectivity index (χ0v) is 15.5. The monoisotopic (exact) mass is 381 g/mol. The first kappa shape index (κ1) is 19.2. The summed E-state index contributed by atoms with van der Waals surface area (Å²) in [5.74, 6) is 0.286. The van der Waals surface area contributed by atoms with E-state index < -0.39 is 10.0 Å². The quantitative estimate of drug-likeness (QED) is 0.532. The van der Waals surface area contributed by atoms with E-state index in [-0.39, 0.29) is 23.9 Å². The standard InChI is InChI=1S/C16H19N3O4S2/c1-23-12-5-7-13(8-6-12)25(21,22)19-11-10-17-15(20)14-4-3-9-18-16(14)24-2/h3-9,19H,10-11H2,1-2H3,(H,17,20). The first-order valence-electron chi connectivity index (χ1n) is 7.39. The number of carbonyl (C=O) groups excluding carboxylic acids is 1. The highest BCUT2D eigenvalue weighted by molar-refractivity contribution is 7.98. The van der Waals surface area contributed by atoms with Crippen LogP contribution in [0.1, 0.15) is 10.4 Å². The summed E-state index contributed by atoms with van der Waals surface area (Å²) >= 11 is 1.37. The molecule has 1 aromatic carbocycles. The Balaban J connectivity index is 1.88. The molecule has 0 saturated carbocycles. The van der Waals surface area contributed by atoms with Crippen LogP contribution in [0.4, 0.5) is 0 Å². The van der Waals surface area contributed by atoms with Crippen molar-refractivity contribution in [2.24, 2.45) is 0 Å². The predicted octanol–water partition coefficient (Wildman–Crippen LogP) is 1.52. The second kappa shape index (κ2) is 8.84. The van der Waals surface area contributed by atoms with E-state index in [1.807, 2.05) is 6.26 Å². The fraction of sp³-hybridized carbons (Fsp3) is 0.250. The van der Waals surface area contributed by atoms with Gasteiger partial charge in [0.15, 0.2) is 0 Å². The molecule has 25 heavy (non-hydrogen) atoms. The maximum atomic E-state index is 12.2. The Kier molecular flexibility index (Phi) is 6.80. The number of rotatable bonds is 8. The van der Waals surface area contributed by atoms with E-state index in [0.717, 1.165) is 0 Å². The van der Waals surface area contributed by atoms with Crippen LogP contribution in [0.25, 0.3) is 0 Å². The number of sulfonamides is 1. The van der Waals surface area contributed by atoms with E-state index in [1.165, 1.54) is 31.0 Å². The summed E-state index contributed by atoms with van der Waals surface area (Å²) in [5.41, 5.74) is 0.466. The molecule has 0 unspecified atom stereocenters. The Bertz CT molecular complexity index is 824. The normalized spacial score (nSPS) is 11.1. The molecular formula is C16H19N3O4S2. The molecule has 0 atom stereocenters. The number of carbonyl (C=O) groups is 1. The van der Waals surface area contributed by atoms with E-state index in [9.17, 15) is 13.2 Å². The largest absolute Gasteiger partial charge is 0.497 e. The molecule has 134 valence electrons. The first-order chi connectivity index (χ1) is 12.0. The van der Waals surface area contributed by atoms with Crippen molar-refractivity contribution in [1.82, 2.24) is 15.0 Å². The highest BCUT2D eigenvalue weighted by Gasteiger charge is 2.14. The smallest absolute Gasteiger partial charge is 0.254 e. The molecule has 0 aliphatic rings. The van der Waals surface area contributed by atoms with Crippen LogP contribution in [0, 0.1) is 0 Å². The molecule has 0 saturated heterocycles. The summed E-state index contributed by atoms with van der Waals surface area (Å²) in [6.07, 6.45) is 3.45. The number of methoxy groups -OCH3 is 1. The number of aromatic nitrogens is 1. The number of hydrogen-bond acceptors (Lipinski definition) is 6. The predicted molar refractivity (Wildman–Crippen MR) is 96.5 cm³/mol. The van der Waals surface area contributed by atoms with Gasteiger partial charge in [0.2, 0.25) is 10.0 Å². The molecule has 9 heteroatoms. The molecule has 0 aliphatic carbocycles. The van der Waals surface area contributed by atoms with E-state index >= 15 is 0 Å². The van der Waals surface area contributed by atoms with E-state index in [2.05, 4.69) is 15.0 Å². The molecule has 0 fully saturated rings. The Morgan fingerprint density at radius 2 is 1.92 bits per heavy atom. The zero-order valence-electron chi connectivity index (χ0n) is 13.9. The molecule has 7 nitrogen and oxygen atoms in total. The van der Waals surface area contributed by atoms with Crippen LogP contribution in [0.3, 0.4) is 0 Å². The number of benzene rings is 1. The molecule has 0 bridgehead atoms. The van der Waals surface area contributed by atoms with Crippen molar-refractivity contribution in [3.8, 4) is 5.75 Å². The van der Waals surface area contributed by atoms with Gasteiger partial charge in [-0.3, -0.25) is 4.79 Å². The SMILES string of the molecule is COc1ccc(S(=O)(=O)NCCNC(=O)c2cccnc2SC)cc1. The second-order valence-corrected chi connectivity index (χ2v) is 7.45. The average molecular weight is 381 g/mol. The number of pyridine rings is 1. The minimum Gasteiger partial charge on any atom is -0.497 e. The lowest BCUT2D eigenvalue weighted by Gasteiger charge is -2.09. The zero-order chi connectivity index (χ0) is 18.3. The lowest BCUT2D eigenvalue weighted by molar-refractivity contribution is 0.0950. The molecule has 0 radical (unpaired) electrons. The molecular weight excluding hydrogens is 362 g/mol. The van der Waals surface area contributed by atoms with Gasteiger partial charge in [-0.2, -0.15) is 0 Å². The summed E-state index contributed by atoms with van der Waals surface area (Å²) in [4.78, 5) is 16.4. The van der Waals surface area contributed by atoms with Crippen LogP contribution in [-0.4, -0.2) is 45.8 Å². The summed E-state index contributed by atoms with van der Waals surface area (Å²) in [5, 5.41) is 3.30. The highest BCUT2D eigenvalue weighted by atomic mass is 32.2. The van der Waals surface area contributed by atoms with Gasteiger partial charge in [-0.15, -0.1) is 11.8 Å². The molecule has 0 spiro atoms. The highest BCUT2D eigenvalue weighted by Crippen LogP contribution is 2.16. The fourth-order valence-corrected chi connectivity index (χ4v) is 3.60. The second-order valence-electron chi connectivity index (χ2n) is 4.89. The number of ether oxygens (including phenoxy) is 1. The van der Waals surface area contributed by atoms with Gasteiger partial charge in [-0.25, -0.2) is 18.1 Å². The number of hydrogen-bond donors (Lipinski definition) is 2. The van der Waals surface area contributed by atoms with Crippen LogP contribution in [0.15, 0.2) is 52.5 Å². The van der Waals surface area contributed by atoms with Gasteiger partial charge in [0, 0.05) is 19.3 Å². The van der Waals surface area contributed by atoms with Crippen LogP contribution in [0.2, 0.25) is 0 Å². The summed E-state index contributed by atoms with van der Waals surface area (Å²) in [6.45, 7) is 0.242. The fourth-order valence-electron chi connectivity index (χ4n) is 2.02. The lowest BCUT2D eigenvalue weighted by Crippen LogP contribution is -2.34. The molecule has 2 aromatic rings. The van der Waals surface area contributed by atoms with Gasteiger partial charge in [-0.1, -0.05) is 0 Å². The van der Waals surface area contributed by atoms with Gasteiger partial charge in [0.1, 0.15) is 10.8 Å². The third kappa shape index (κ3) is 5.18. The maximum absolute atomic E-state index is 12.2. The number of nitrogens with one attached hydrogen (secondary N) is 2. The minimum atomic E-state index is -3.63. The Morgan fingerprint density at radius 1 is 1.20 bits per heavy atom. The van der Waals surface area contributed by atoms with Gasteiger partial charge in [-0.05, 0) is 42.7 Å². The van der Waals surface area contributed by atoms with Crippen LogP contribution >= 0.6 is 11.8 Å². The summed E-state index contributed by atoms with van der Waals surface area (Å²) in [7, 11) is -2.12. The van der Waals surface area contributed by atoms with Gasteiger partial charge < -0.3 is 10.1 Å². The van der Waals surface area contributed by atoms with E-state index in [4.69, 9.17) is 4.74 Å². The molecule has 2 N–H and O–H groups in total. The minimum absolute atomic E-state index is 0.0783. The topological polar surface area (TPSA) is 97.4 Å². The average Bonchev–Trinajstić information content (AvgIpc) is 2.65. The number of thioether (sulfide) groups is 1. The van der Waals surface area contributed by atoms with Crippen molar-refractivity contribution >= 4 is 27.7 Å². The van der Waals surface area contributed by atoms with Gasteiger partial charge in [0.25, 0.3) is 5.91 Å². The Hall–Kier alpha value is -2.10. The maximum Gasteiger partial charge on any atom is 0.254 e. The summed E-state index contributed by atoms with van der Waals surface area (Å²) in [6, 6.07) is 9.42. The van der Waals surface area contributed by atoms with Crippen molar-refractivity contribution in [3.05, 3.63) is 48.2 Å². The molecule has 1 heterocycles. The molecule has 1 amide bonds. The number of nitrogens with zero attached hydrogens (tertiary/aromatic N) is 1. The van der Waals surface area contributed by atoms with Gasteiger partial charge in [0.05, 0.1) is 17.6 Å². The van der Waals surface area contributed by atoms with Crippen LogP contribution in [-0.2, 0) is 10.0 Å². The van der Waals surface area contributed by atoms with Crippen molar-refractivity contribution in [2.75, 3.05) is 26.5 Å². The van der Waals surface area contributed by atoms with Gasteiger partial charge >= 0.3 is 0 Å². The van der Waals surface area contributed by atoms with Crippen molar-refractivity contribution < 1.29 is 17.9 Å². The lowest BCUT2D eigenvalue weighted by atomic mass is 10.2. The third-order valence-corrected chi connectivity index (χ3v) is 5.47. The Morgan fingerprint density at radius 3 is 2.56 bits per heavy atom. The third-order valence-electron chi connectivity index (χ3n) is 3.28. The molecule has 2 rings (SSSR count). The molecule has 0 aliphatic heterocycles.